The number of rotatable bonds is 2. The standard InChI is InChI=1S/C13H14OS/c1-9-8-10(2)15-13(9)12(14)11-6-4-3-5-7-11/h3-8,12,14H,1-2H3. The SMILES string of the molecule is Cc1cc(C)c(C(O)c2ccccc2)s1. The van der Waals surface area contributed by atoms with Crippen LogP contribution in [-0.2, 0) is 0 Å². The van der Waals surface area contributed by atoms with Gasteiger partial charge in [0.2, 0.25) is 0 Å². The number of aliphatic hydroxyl groups is 1. The van der Waals surface area contributed by atoms with Gasteiger partial charge in [-0.25, -0.2) is 0 Å². The highest BCUT2D eigenvalue weighted by molar-refractivity contribution is 7.12. The van der Waals surface area contributed by atoms with Crippen molar-refractivity contribution in [1.29, 1.82) is 0 Å². The number of aliphatic hydroxyl groups excluding tert-OH is 1. The van der Waals surface area contributed by atoms with Crippen molar-refractivity contribution < 1.29 is 5.11 Å². The molecule has 0 aliphatic heterocycles. The van der Waals surface area contributed by atoms with Crippen LogP contribution in [0.3, 0.4) is 0 Å². The Hall–Kier alpha value is -1.12. The van der Waals surface area contributed by atoms with Gasteiger partial charge in [-0.15, -0.1) is 11.3 Å². The number of hydrogen-bond donors (Lipinski definition) is 1. The summed E-state index contributed by atoms with van der Waals surface area (Å²) in [6.07, 6.45) is -0.482. The Morgan fingerprint density at radius 1 is 1.13 bits per heavy atom. The summed E-state index contributed by atoms with van der Waals surface area (Å²) < 4.78 is 0. The summed E-state index contributed by atoms with van der Waals surface area (Å²) >= 11 is 1.67. The predicted octanol–water partition coefficient (Wildman–Crippen LogP) is 3.45. The van der Waals surface area contributed by atoms with E-state index in [-0.39, 0.29) is 0 Å². The van der Waals surface area contributed by atoms with Gasteiger partial charge in [-0.3, -0.25) is 0 Å². The average molecular weight is 218 g/mol. The number of aryl methyl sites for hydroxylation is 2. The van der Waals surface area contributed by atoms with E-state index < -0.39 is 6.10 Å². The molecule has 1 nitrogen and oxygen atoms in total. The molecule has 0 saturated heterocycles. The second kappa shape index (κ2) is 4.17. The molecule has 0 amide bonds. The molecule has 1 unspecified atom stereocenters. The highest BCUT2D eigenvalue weighted by Crippen LogP contribution is 2.31. The summed E-state index contributed by atoms with van der Waals surface area (Å²) in [5.41, 5.74) is 2.14. The van der Waals surface area contributed by atoms with Crippen LogP contribution in [0.2, 0.25) is 0 Å². The second-order valence-electron chi connectivity index (χ2n) is 3.72. The van der Waals surface area contributed by atoms with Crippen LogP contribution in [0, 0.1) is 13.8 Å². The zero-order chi connectivity index (χ0) is 10.8. The molecule has 0 aliphatic carbocycles. The van der Waals surface area contributed by atoms with Crippen molar-refractivity contribution in [2.45, 2.75) is 20.0 Å². The summed E-state index contributed by atoms with van der Waals surface area (Å²) in [7, 11) is 0. The highest BCUT2D eigenvalue weighted by Gasteiger charge is 2.14. The van der Waals surface area contributed by atoms with Crippen molar-refractivity contribution in [1.82, 2.24) is 0 Å². The normalized spacial score (nSPS) is 12.7. The van der Waals surface area contributed by atoms with Gasteiger partial charge < -0.3 is 5.11 Å². The summed E-state index contributed by atoms with van der Waals surface area (Å²) in [6.45, 7) is 4.11. The van der Waals surface area contributed by atoms with Crippen LogP contribution in [0.15, 0.2) is 36.4 Å². The van der Waals surface area contributed by atoms with Gasteiger partial charge in [0.15, 0.2) is 0 Å². The Balaban J connectivity index is 2.36. The molecule has 1 aromatic carbocycles. The molecule has 0 spiro atoms. The number of hydrogen-bond acceptors (Lipinski definition) is 2. The van der Waals surface area contributed by atoms with Gasteiger partial charge in [-0.05, 0) is 31.0 Å². The summed E-state index contributed by atoms with van der Waals surface area (Å²) in [5, 5.41) is 10.2. The first-order valence-electron chi connectivity index (χ1n) is 4.98. The average Bonchev–Trinajstić information content (AvgIpc) is 2.58. The molecule has 78 valence electrons. The second-order valence-corrected chi connectivity index (χ2v) is 5.01. The smallest absolute Gasteiger partial charge is 0.113 e. The first-order chi connectivity index (χ1) is 7.18. The molecule has 0 aliphatic rings. The molecule has 1 aromatic heterocycles. The molecule has 0 fully saturated rings. The largest absolute Gasteiger partial charge is 0.383 e. The molecular weight excluding hydrogens is 204 g/mol. The van der Waals surface area contributed by atoms with Crippen LogP contribution in [-0.4, -0.2) is 5.11 Å². The Morgan fingerprint density at radius 2 is 1.80 bits per heavy atom. The Labute approximate surface area is 94.0 Å². The van der Waals surface area contributed by atoms with Gasteiger partial charge in [0.1, 0.15) is 6.10 Å². The molecular formula is C13H14OS. The third-order valence-electron chi connectivity index (χ3n) is 2.44. The van der Waals surface area contributed by atoms with Crippen LogP contribution in [0.4, 0.5) is 0 Å². The number of benzene rings is 1. The summed E-state index contributed by atoms with van der Waals surface area (Å²) in [6, 6.07) is 11.9. The van der Waals surface area contributed by atoms with Crippen molar-refractivity contribution in [2.75, 3.05) is 0 Å². The lowest BCUT2D eigenvalue weighted by Crippen LogP contribution is -1.97. The Morgan fingerprint density at radius 3 is 2.33 bits per heavy atom. The zero-order valence-corrected chi connectivity index (χ0v) is 9.71. The topological polar surface area (TPSA) is 20.2 Å². The van der Waals surface area contributed by atoms with Gasteiger partial charge in [-0.2, -0.15) is 0 Å². The molecule has 1 N–H and O–H groups in total. The minimum absolute atomic E-state index is 0.482. The number of thiophene rings is 1. The van der Waals surface area contributed by atoms with E-state index in [4.69, 9.17) is 0 Å². The van der Waals surface area contributed by atoms with E-state index in [1.807, 2.05) is 37.3 Å². The molecule has 15 heavy (non-hydrogen) atoms. The van der Waals surface area contributed by atoms with Gasteiger partial charge in [-0.1, -0.05) is 30.3 Å². The molecule has 2 heteroatoms. The van der Waals surface area contributed by atoms with Crippen LogP contribution in [0.25, 0.3) is 0 Å². The van der Waals surface area contributed by atoms with E-state index in [9.17, 15) is 5.11 Å². The van der Waals surface area contributed by atoms with Gasteiger partial charge in [0.05, 0.1) is 0 Å². The van der Waals surface area contributed by atoms with E-state index in [1.165, 1.54) is 10.4 Å². The molecule has 2 aromatic rings. The van der Waals surface area contributed by atoms with Crippen LogP contribution in [0.5, 0.6) is 0 Å². The summed E-state index contributed by atoms with van der Waals surface area (Å²) in [5.74, 6) is 0. The molecule has 0 radical (unpaired) electrons. The fraction of sp³-hybridized carbons (Fsp3) is 0.231. The maximum Gasteiger partial charge on any atom is 0.113 e. The first-order valence-corrected chi connectivity index (χ1v) is 5.80. The fourth-order valence-corrected chi connectivity index (χ4v) is 2.77. The van der Waals surface area contributed by atoms with Gasteiger partial charge in [0.25, 0.3) is 0 Å². The van der Waals surface area contributed by atoms with Crippen molar-refractivity contribution in [3.63, 3.8) is 0 Å². The third-order valence-corrected chi connectivity index (χ3v) is 3.65. The molecule has 1 heterocycles. The van der Waals surface area contributed by atoms with Crippen molar-refractivity contribution in [3.05, 3.63) is 57.3 Å². The highest BCUT2D eigenvalue weighted by atomic mass is 32.1. The van der Waals surface area contributed by atoms with E-state index in [1.54, 1.807) is 11.3 Å². The predicted molar refractivity (Wildman–Crippen MR) is 64.3 cm³/mol. The van der Waals surface area contributed by atoms with Crippen molar-refractivity contribution in [2.24, 2.45) is 0 Å². The van der Waals surface area contributed by atoms with Gasteiger partial charge >= 0.3 is 0 Å². The van der Waals surface area contributed by atoms with E-state index in [0.29, 0.717) is 0 Å². The summed E-state index contributed by atoms with van der Waals surface area (Å²) in [4.78, 5) is 2.30. The zero-order valence-electron chi connectivity index (χ0n) is 8.90. The maximum atomic E-state index is 10.2. The van der Waals surface area contributed by atoms with Gasteiger partial charge in [0, 0.05) is 9.75 Å². The third kappa shape index (κ3) is 2.11. The van der Waals surface area contributed by atoms with Crippen molar-refractivity contribution >= 4 is 11.3 Å². The first kappa shape index (κ1) is 10.4. The Kier molecular flexibility index (Phi) is 2.89. The minimum atomic E-state index is -0.482. The fourth-order valence-electron chi connectivity index (χ4n) is 1.72. The maximum absolute atomic E-state index is 10.2. The monoisotopic (exact) mass is 218 g/mol. The van der Waals surface area contributed by atoms with E-state index in [2.05, 4.69) is 13.0 Å². The lowest BCUT2D eigenvalue weighted by molar-refractivity contribution is 0.223. The van der Waals surface area contributed by atoms with E-state index >= 15 is 0 Å². The lowest BCUT2D eigenvalue weighted by atomic mass is 10.1. The van der Waals surface area contributed by atoms with Crippen molar-refractivity contribution in [3.8, 4) is 0 Å². The van der Waals surface area contributed by atoms with Crippen LogP contribution in [0.1, 0.15) is 27.0 Å². The van der Waals surface area contributed by atoms with Crippen LogP contribution >= 0.6 is 11.3 Å². The van der Waals surface area contributed by atoms with Crippen LogP contribution < -0.4 is 0 Å². The molecule has 0 bridgehead atoms. The minimum Gasteiger partial charge on any atom is -0.383 e. The Bertz CT molecular complexity index is 445. The lowest BCUT2D eigenvalue weighted by Gasteiger charge is -2.09. The van der Waals surface area contributed by atoms with E-state index in [0.717, 1.165) is 10.4 Å². The molecule has 0 saturated carbocycles. The quantitative estimate of drug-likeness (QED) is 0.818. The molecule has 2 rings (SSSR count). The molecule has 1 atom stereocenters.